The first-order chi connectivity index (χ1) is 21.1. The van der Waals surface area contributed by atoms with Crippen molar-refractivity contribution in [3.63, 3.8) is 0 Å². The number of ketones is 1. The summed E-state index contributed by atoms with van der Waals surface area (Å²) in [6, 6.07) is 1.59. The molecule has 0 saturated carbocycles. The number of rotatable bonds is 10. The Hall–Kier alpha value is -3.32. The number of aromatic amines is 2. The van der Waals surface area contributed by atoms with E-state index >= 15 is 0 Å². The summed E-state index contributed by atoms with van der Waals surface area (Å²) < 4.78 is 0. The molecule has 7 heteroatoms. The first-order valence-electron chi connectivity index (χ1n) is 16.3. The summed E-state index contributed by atoms with van der Waals surface area (Å²) in [5.41, 5.74) is 4.39. The standard InChI is InChI=1S/C19H17N3O2S.C8H18.C3H6O.C3H8.2C2H6/c1-4-5-6-14-11(2)20-9-16(14)17-10-25-19(22-17)15-7-13(12(3)23)8-21-18(15)24;1-4-6-7-8(3)5-2;1-2-3-4;1-3-2;2*1-2/h4-10,20H,1H2,2-3H3,(H,21,24);8H,4-7H2,1-3H3;3H,2H2,1H3;3H2,1-2H3;2*1-2H3/b6-5-;;;;;. The quantitative estimate of drug-likeness (QED) is 0.133. The topological polar surface area (TPSA) is 95.7 Å². The highest BCUT2D eigenvalue weighted by Crippen LogP contribution is 2.31. The lowest BCUT2D eigenvalue weighted by atomic mass is 10.0. The SMILES string of the molecule is C=C/C=C\c1c(-c2csc(-c3cc(C(C)=O)c[nH]c3=O)n2)c[nH]c1C.CC.CC.CCC.CCC=O.CCCCC(C)CC. The second-order valence-corrected chi connectivity index (χ2v) is 10.4. The molecule has 0 aliphatic carbocycles. The van der Waals surface area contributed by atoms with Crippen LogP contribution in [0.5, 0.6) is 0 Å². The van der Waals surface area contributed by atoms with E-state index in [-0.39, 0.29) is 11.3 Å². The normalized spacial score (nSPS) is 10.1. The number of H-pyrrole nitrogens is 2. The van der Waals surface area contributed by atoms with Crippen LogP contribution in [0.2, 0.25) is 0 Å². The molecule has 0 bridgehead atoms. The molecule has 0 saturated heterocycles. The maximum Gasteiger partial charge on any atom is 0.258 e. The van der Waals surface area contributed by atoms with E-state index in [1.54, 1.807) is 12.1 Å². The summed E-state index contributed by atoms with van der Waals surface area (Å²) in [6.45, 7) is 28.1. The highest BCUT2D eigenvalue weighted by Gasteiger charge is 2.15. The Balaban J connectivity index is -0.000000733. The number of aldehydes is 1. The molecular formula is C37H61N3O3S. The van der Waals surface area contributed by atoms with Crippen LogP contribution in [0, 0.1) is 12.8 Å². The molecule has 0 amide bonds. The minimum Gasteiger partial charge on any atom is -0.364 e. The van der Waals surface area contributed by atoms with Crippen LogP contribution in [-0.2, 0) is 4.79 Å². The molecule has 0 fully saturated rings. The number of hydrogen-bond donors (Lipinski definition) is 2. The highest BCUT2D eigenvalue weighted by molar-refractivity contribution is 7.13. The van der Waals surface area contributed by atoms with Crippen molar-refractivity contribution in [2.75, 3.05) is 0 Å². The molecule has 0 aliphatic rings. The fourth-order valence-electron chi connectivity index (χ4n) is 3.25. The lowest BCUT2D eigenvalue weighted by molar-refractivity contribution is -0.107. The van der Waals surface area contributed by atoms with Gasteiger partial charge in [0.1, 0.15) is 11.3 Å². The molecule has 6 nitrogen and oxygen atoms in total. The monoisotopic (exact) mass is 627 g/mol. The lowest BCUT2D eigenvalue weighted by Gasteiger charge is -2.04. The van der Waals surface area contributed by atoms with Gasteiger partial charge in [-0.05, 0) is 25.8 Å². The van der Waals surface area contributed by atoms with Crippen LogP contribution >= 0.6 is 11.3 Å². The van der Waals surface area contributed by atoms with Crippen LogP contribution in [0.4, 0.5) is 0 Å². The second-order valence-electron chi connectivity index (χ2n) is 9.50. The zero-order valence-electron chi connectivity index (χ0n) is 29.7. The number of aromatic nitrogens is 3. The van der Waals surface area contributed by atoms with Crippen LogP contribution < -0.4 is 5.56 Å². The smallest absolute Gasteiger partial charge is 0.258 e. The number of Topliss-reactive ketones (excluding diaryl/α,β-unsaturated/α-hetero) is 1. The van der Waals surface area contributed by atoms with Crippen molar-refractivity contribution in [1.29, 1.82) is 0 Å². The Bertz CT molecular complexity index is 1230. The zero-order chi connectivity index (χ0) is 34.5. The molecular weight excluding hydrogens is 566 g/mol. The number of unbranched alkanes of at least 4 members (excludes halogenated alkanes) is 1. The fraction of sp³-hybridized carbons (Fsp3) is 0.514. The number of aryl methyl sites for hydroxylation is 1. The highest BCUT2D eigenvalue weighted by atomic mass is 32.1. The predicted molar refractivity (Wildman–Crippen MR) is 196 cm³/mol. The van der Waals surface area contributed by atoms with Gasteiger partial charge in [0, 0.05) is 46.6 Å². The Kier molecular flexibility index (Phi) is 30.5. The van der Waals surface area contributed by atoms with Gasteiger partial charge in [0.05, 0.1) is 11.3 Å². The molecule has 248 valence electrons. The molecule has 2 N–H and O–H groups in total. The third-order valence-electron chi connectivity index (χ3n) is 5.76. The van der Waals surface area contributed by atoms with Crippen molar-refractivity contribution in [1.82, 2.24) is 15.0 Å². The van der Waals surface area contributed by atoms with Crippen molar-refractivity contribution >= 4 is 29.5 Å². The summed E-state index contributed by atoms with van der Waals surface area (Å²) in [7, 11) is 0. The number of allylic oxidation sites excluding steroid dienone is 2. The summed E-state index contributed by atoms with van der Waals surface area (Å²) in [5, 5.41) is 2.49. The Morgan fingerprint density at radius 3 is 2.11 bits per heavy atom. The zero-order valence-corrected chi connectivity index (χ0v) is 30.5. The van der Waals surface area contributed by atoms with Gasteiger partial charge in [-0.15, -0.1) is 11.3 Å². The van der Waals surface area contributed by atoms with Crippen molar-refractivity contribution in [2.45, 2.75) is 122 Å². The summed E-state index contributed by atoms with van der Waals surface area (Å²) in [4.78, 5) is 43.3. The number of carbonyl (C=O) groups excluding carboxylic acids is 2. The third kappa shape index (κ3) is 18.4. The second kappa shape index (κ2) is 29.7. The van der Waals surface area contributed by atoms with Gasteiger partial charge in [0.15, 0.2) is 5.78 Å². The fourth-order valence-corrected chi connectivity index (χ4v) is 4.09. The number of nitrogens with one attached hydrogen (secondary N) is 2. The van der Waals surface area contributed by atoms with Crippen molar-refractivity contribution in [3.8, 4) is 21.8 Å². The lowest BCUT2D eigenvalue weighted by Crippen LogP contribution is -2.10. The van der Waals surface area contributed by atoms with Gasteiger partial charge >= 0.3 is 0 Å². The Morgan fingerprint density at radius 1 is 1.05 bits per heavy atom. The molecule has 44 heavy (non-hydrogen) atoms. The Morgan fingerprint density at radius 2 is 1.64 bits per heavy atom. The van der Waals surface area contributed by atoms with Crippen LogP contribution in [0.15, 0.2) is 47.4 Å². The van der Waals surface area contributed by atoms with E-state index in [1.807, 2.05) is 65.3 Å². The van der Waals surface area contributed by atoms with E-state index < -0.39 is 0 Å². The van der Waals surface area contributed by atoms with E-state index in [1.165, 1.54) is 56.6 Å². The molecule has 3 aromatic heterocycles. The van der Waals surface area contributed by atoms with Crippen molar-refractivity contribution in [3.05, 3.63) is 69.7 Å². The van der Waals surface area contributed by atoms with Gasteiger partial charge in [0.25, 0.3) is 5.56 Å². The van der Waals surface area contributed by atoms with Gasteiger partial charge in [0.2, 0.25) is 0 Å². The van der Waals surface area contributed by atoms with Gasteiger partial charge < -0.3 is 14.8 Å². The number of thiazole rings is 1. The molecule has 0 spiro atoms. The summed E-state index contributed by atoms with van der Waals surface area (Å²) in [5.74, 6) is 0.849. The molecule has 1 atom stereocenters. The van der Waals surface area contributed by atoms with Gasteiger partial charge in [-0.2, -0.15) is 0 Å². The minimum absolute atomic E-state index is 0.104. The van der Waals surface area contributed by atoms with Crippen LogP contribution in [0.25, 0.3) is 27.9 Å². The largest absolute Gasteiger partial charge is 0.364 e. The maximum atomic E-state index is 12.1. The van der Waals surface area contributed by atoms with E-state index in [0.29, 0.717) is 22.6 Å². The predicted octanol–water partition coefficient (Wildman–Crippen LogP) is 11.5. The molecule has 3 heterocycles. The van der Waals surface area contributed by atoms with Gasteiger partial charge in [-0.25, -0.2) is 4.98 Å². The third-order valence-corrected chi connectivity index (χ3v) is 6.64. The van der Waals surface area contributed by atoms with Gasteiger partial charge in [-0.1, -0.05) is 126 Å². The van der Waals surface area contributed by atoms with E-state index in [9.17, 15) is 14.4 Å². The van der Waals surface area contributed by atoms with Crippen molar-refractivity contribution < 1.29 is 9.59 Å². The molecule has 1 unspecified atom stereocenters. The molecule has 0 aliphatic heterocycles. The number of pyridine rings is 1. The number of carbonyl (C=O) groups is 2. The average Bonchev–Trinajstić information content (AvgIpc) is 3.68. The molecule has 0 radical (unpaired) electrons. The van der Waals surface area contributed by atoms with E-state index in [2.05, 4.69) is 56.1 Å². The van der Waals surface area contributed by atoms with Gasteiger partial charge in [-0.3, -0.25) is 9.59 Å². The van der Waals surface area contributed by atoms with E-state index in [0.717, 1.165) is 34.7 Å². The van der Waals surface area contributed by atoms with Crippen LogP contribution in [0.1, 0.15) is 136 Å². The number of nitrogens with zero attached hydrogens (tertiary/aromatic N) is 1. The Labute approximate surface area is 272 Å². The van der Waals surface area contributed by atoms with E-state index in [4.69, 9.17) is 0 Å². The van der Waals surface area contributed by atoms with Crippen LogP contribution in [-0.4, -0.2) is 27.0 Å². The van der Waals surface area contributed by atoms with Crippen molar-refractivity contribution in [2.24, 2.45) is 5.92 Å². The summed E-state index contributed by atoms with van der Waals surface area (Å²) >= 11 is 1.37. The first kappa shape index (κ1) is 45.1. The summed E-state index contributed by atoms with van der Waals surface area (Å²) in [6.07, 6.45) is 17.2. The molecule has 3 rings (SSSR count). The first-order valence-corrected chi connectivity index (χ1v) is 17.1. The average molecular weight is 628 g/mol. The molecule has 3 aromatic rings. The van der Waals surface area contributed by atoms with Crippen LogP contribution in [0.3, 0.4) is 0 Å². The minimum atomic E-state index is -0.261. The maximum absolute atomic E-state index is 12.1. The number of hydrogen-bond acceptors (Lipinski definition) is 5. The molecule has 0 aromatic carbocycles.